The highest BCUT2D eigenvalue weighted by molar-refractivity contribution is 7.99. The Balaban J connectivity index is 2.58. The van der Waals surface area contributed by atoms with E-state index in [1.54, 1.807) is 0 Å². The molecule has 0 saturated heterocycles. The zero-order chi connectivity index (χ0) is 13.4. The number of hydrogen-bond donors (Lipinski definition) is 2. The number of nitrogen functional groups attached to an aromatic ring is 1. The Bertz CT molecular complexity index is 362. The van der Waals surface area contributed by atoms with Crippen LogP contribution in [0.5, 0.6) is 5.88 Å². The Morgan fingerprint density at radius 3 is 2.89 bits per heavy atom. The van der Waals surface area contributed by atoms with Crippen LogP contribution in [0.1, 0.15) is 27.2 Å². The Labute approximate surface area is 113 Å². The first-order valence-electron chi connectivity index (χ1n) is 6.26. The van der Waals surface area contributed by atoms with Crippen LogP contribution in [0.4, 0.5) is 11.5 Å². The van der Waals surface area contributed by atoms with E-state index in [-0.39, 0.29) is 0 Å². The number of anilines is 2. The molecule has 5 nitrogen and oxygen atoms in total. The minimum atomic E-state index is 0.329. The summed E-state index contributed by atoms with van der Waals surface area (Å²) in [6.07, 6.45) is 2.54. The quantitative estimate of drug-likeness (QED) is 0.707. The topological polar surface area (TPSA) is 73.1 Å². The van der Waals surface area contributed by atoms with Crippen LogP contribution in [0.15, 0.2) is 6.33 Å². The molecule has 18 heavy (non-hydrogen) atoms. The van der Waals surface area contributed by atoms with Crippen molar-refractivity contribution in [3.05, 3.63) is 6.33 Å². The minimum absolute atomic E-state index is 0.329. The molecular weight excluding hydrogens is 248 g/mol. The van der Waals surface area contributed by atoms with Crippen molar-refractivity contribution in [1.29, 1.82) is 0 Å². The Morgan fingerprint density at radius 2 is 2.22 bits per heavy atom. The van der Waals surface area contributed by atoms with Gasteiger partial charge in [-0.2, -0.15) is 16.7 Å². The summed E-state index contributed by atoms with van der Waals surface area (Å²) in [6.45, 7) is 6.74. The van der Waals surface area contributed by atoms with E-state index in [1.807, 2.05) is 18.7 Å². The van der Waals surface area contributed by atoms with Gasteiger partial charge in [0, 0.05) is 6.04 Å². The number of ether oxygens (including phenoxy) is 1. The van der Waals surface area contributed by atoms with Crippen LogP contribution >= 0.6 is 11.8 Å². The van der Waals surface area contributed by atoms with Gasteiger partial charge in [-0.3, -0.25) is 0 Å². The van der Waals surface area contributed by atoms with Crippen LogP contribution in [0.3, 0.4) is 0 Å². The number of thioether (sulfide) groups is 1. The Hall–Kier alpha value is -1.17. The average molecular weight is 270 g/mol. The minimum Gasteiger partial charge on any atom is -0.476 e. The van der Waals surface area contributed by atoms with Crippen molar-refractivity contribution >= 4 is 23.3 Å². The standard InChI is InChI=1S/C12H22N4OS/c1-4-17-12-10(13)11(14-8-15-12)16-9(3)6-7-18-5-2/h8-9H,4-7,13H2,1-3H3,(H,14,15,16). The van der Waals surface area contributed by atoms with Crippen LogP contribution in [-0.4, -0.2) is 34.1 Å². The van der Waals surface area contributed by atoms with Crippen molar-refractivity contribution < 1.29 is 4.74 Å². The molecule has 1 aromatic rings. The molecule has 0 fully saturated rings. The van der Waals surface area contributed by atoms with Gasteiger partial charge in [-0.05, 0) is 31.8 Å². The number of nitrogens with zero attached hydrogens (tertiary/aromatic N) is 2. The van der Waals surface area contributed by atoms with Gasteiger partial charge in [0.25, 0.3) is 0 Å². The van der Waals surface area contributed by atoms with Crippen LogP contribution in [0.2, 0.25) is 0 Å². The molecule has 1 unspecified atom stereocenters. The molecule has 6 heteroatoms. The molecule has 0 aliphatic carbocycles. The third-order valence-corrected chi connectivity index (χ3v) is 3.34. The van der Waals surface area contributed by atoms with E-state index in [2.05, 4.69) is 29.1 Å². The predicted molar refractivity (Wildman–Crippen MR) is 78.3 cm³/mol. The second kappa shape index (κ2) is 8.02. The fourth-order valence-electron chi connectivity index (χ4n) is 1.46. The molecule has 1 aromatic heterocycles. The number of hydrogen-bond acceptors (Lipinski definition) is 6. The average Bonchev–Trinajstić information content (AvgIpc) is 2.35. The maximum Gasteiger partial charge on any atom is 0.242 e. The van der Waals surface area contributed by atoms with Crippen molar-refractivity contribution in [2.75, 3.05) is 29.2 Å². The van der Waals surface area contributed by atoms with Gasteiger partial charge in [0.2, 0.25) is 5.88 Å². The molecule has 0 saturated carbocycles. The monoisotopic (exact) mass is 270 g/mol. The molecule has 0 amide bonds. The third-order valence-electron chi connectivity index (χ3n) is 2.41. The predicted octanol–water partition coefficient (Wildman–Crippen LogP) is 2.40. The fraction of sp³-hybridized carbons (Fsp3) is 0.667. The van der Waals surface area contributed by atoms with E-state index in [1.165, 1.54) is 6.33 Å². The largest absolute Gasteiger partial charge is 0.476 e. The smallest absolute Gasteiger partial charge is 0.242 e. The SMILES string of the molecule is CCOc1ncnc(NC(C)CCSCC)c1N. The van der Waals surface area contributed by atoms with Gasteiger partial charge in [-0.15, -0.1) is 0 Å². The molecule has 0 aliphatic heterocycles. The molecular formula is C12H22N4OS. The second-order valence-electron chi connectivity index (χ2n) is 3.91. The van der Waals surface area contributed by atoms with E-state index in [0.29, 0.717) is 30.0 Å². The van der Waals surface area contributed by atoms with E-state index in [4.69, 9.17) is 10.5 Å². The van der Waals surface area contributed by atoms with Crippen molar-refractivity contribution in [2.24, 2.45) is 0 Å². The maximum atomic E-state index is 5.95. The molecule has 0 radical (unpaired) electrons. The number of nitrogens with one attached hydrogen (secondary N) is 1. The van der Waals surface area contributed by atoms with Gasteiger partial charge in [0.05, 0.1) is 6.61 Å². The molecule has 1 heterocycles. The first-order valence-corrected chi connectivity index (χ1v) is 7.42. The molecule has 102 valence electrons. The van der Waals surface area contributed by atoms with Crippen molar-refractivity contribution in [3.8, 4) is 5.88 Å². The lowest BCUT2D eigenvalue weighted by Gasteiger charge is -2.16. The van der Waals surface area contributed by atoms with Crippen molar-refractivity contribution in [3.63, 3.8) is 0 Å². The van der Waals surface area contributed by atoms with Gasteiger partial charge < -0.3 is 15.8 Å². The van der Waals surface area contributed by atoms with Crippen LogP contribution < -0.4 is 15.8 Å². The fourth-order valence-corrected chi connectivity index (χ4v) is 2.27. The van der Waals surface area contributed by atoms with Crippen molar-refractivity contribution in [1.82, 2.24) is 9.97 Å². The van der Waals surface area contributed by atoms with Gasteiger partial charge in [0.1, 0.15) is 12.0 Å². The van der Waals surface area contributed by atoms with Crippen LogP contribution in [0.25, 0.3) is 0 Å². The molecule has 0 bridgehead atoms. The van der Waals surface area contributed by atoms with Crippen LogP contribution in [-0.2, 0) is 0 Å². The van der Waals surface area contributed by atoms with E-state index in [9.17, 15) is 0 Å². The zero-order valence-electron chi connectivity index (χ0n) is 11.3. The highest BCUT2D eigenvalue weighted by Gasteiger charge is 2.11. The number of aromatic nitrogens is 2. The first kappa shape index (κ1) is 14.9. The Kier molecular flexibility index (Phi) is 6.64. The molecule has 0 aliphatic rings. The highest BCUT2D eigenvalue weighted by Crippen LogP contribution is 2.25. The lowest BCUT2D eigenvalue weighted by atomic mass is 10.2. The van der Waals surface area contributed by atoms with E-state index < -0.39 is 0 Å². The summed E-state index contributed by atoms with van der Waals surface area (Å²) in [7, 11) is 0. The summed E-state index contributed by atoms with van der Waals surface area (Å²) in [6, 6.07) is 0.329. The lowest BCUT2D eigenvalue weighted by Crippen LogP contribution is -2.18. The normalized spacial score (nSPS) is 12.2. The van der Waals surface area contributed by atoms with E-state index >= 15 is 0 Å². The third kappa shape index (κ3) is 4.60. The molecule has 0 aromatic carbocycles. The summed E-state index contributed by atoms with van der Waals surface area (Å²) >= 11 is 1.93. The molecule has 1 atom stereocenters. The summed E-state index contributed by atoms with van der Waals surface area (Å²) in [4.78, 5) is 8.16. The van der Waals surface area contributed by atoms with E-state index in [0.717, 1.165) is 17.9 Å². The zero-order valence-corrected chi connectivity index (χ0v) is 12.1. The summed E-state index contributed by atoms with van der Waals surface area (Å²) in [5.41, 5.74) is 6.44. The number of nitrogens with two attached hydrogens (primary N) is 1. The van der Waals surface area contributed by atoms with Gasteiger partial charge in [-0.25, -0.2) is 4.98 Å². The first-order chi connectivity index (χ1) is 8.69. The Morgan fingerprint density at radius 1 is 1.44 bits per heavy atom. The molecule has 0 spiro atoms. The summed E-state index contributed by atoms with van der Waals surface area (Å²) in [5.74, 6) is 3.39. The van der Waals surface area contributed by atoms with Crippen molar-refractivity contribution in [2.45, 2.75) is 33.2 Å². The van der Waals surface area contributed by atoms with Crippen LogP contribution in [0, 0.1) is 0 Å². The highest BCUT2D eigenvalue weighted by atomic mass is 32.2. The summed E-state index contributed by atoms with van der Waals surface area (Å²) in [5, 5.41) is 3.30. The molecule has 1 rings (SSSR count). The second-order valence-corrected chi connectivity index (χ2v) is 5.30. The van der Waals surface area contributed by atoms with Gasteiger partial charge in [0.15, 0.2) is 5.82 Å². The van der Waals surface area contributed by atoms with Gasteiger partial charge in [-0.1, -0.05) is 6.92 Å². The molecule has 3 N–H and O–H groups in total. The summed E-state index contributed by atoms with van der Waals surface area (Å²) < 4.78 is 5.34. The lowest BCUT2D eigenvalue weighted by molar-refractivity contribution is 0.328. The maximum absolute atomic E-state index is 5.95. The number of rotatable bonds is 8. The van der Waals surface area contributed by atoms with Gasteiger partial charge >= 0.3 is 0 Å².